The van der Waals surface area contributed by atoms with E-state index in [0.717, 1.165) is 5.70 Å². The average molecular weight is 214 g/mol. The maximum Gasteiger partial charge on any atom is 0.0663 e. The summed E-state index contributed by atoms with van der Waals surface area (Å²) in [7, 11) is 0. The van der Waals surface area contributed by atoms with E-state index in [-0.39, 0.29) is 5.92 Å². The van der Waals surface area contributed by atoms with Crippen molar-refractivity contribution in [1.82, 2.24) is 0 Å². The van der Waals surface area contributed by atoms with E-state index in [1.54, 1.807) is 0 Å². The molecule has 0 radical (unpaired) electrons. The van der Waals surface area contributed by atoms with Crippen LogP contribution in [-0.4, -0.2) is 0 Å². The molecular formula is C14H18N2. The molecule has 0 amide bonds. The molecule has 1 aliphatic rings. The predicted octanol–water partition coefficient (Wildman–Crippen LogP) is 2.20. The largest absolute Gasteiger partial charge is 0.399 e. The first-order valence-electron chi connectivity index (χ1n) is 5.55. The zero-order chi connectivity index (χ0) is 11.8. The van der Waals surface area contributed by atoms with E-state index in [2.05, 4.69) is 26.0 Å². The Morgan fingerprint density at radius 2 is 1.94 bits per heavy atom. The number of hydrogen-bond donors (Lipinski definition) is 2. The highest BCUT2D eigenvalue weighted by Gasteiger charge is 2.32. The van der Waals surface area contributed by atoms with Crippen LogP contribution in [0.3, 0.4) is 0 Å². The van der Waals surface area contributed by atoms with E-state index >= 15 is 0 Å². The van der Waals surface area contributed by atoms with Crippen molar-refractivity contribution in [1.29, 1.82) is 0 Å². The molecule has 0 spiro atoms. The van der Waals surface area contributed by atoms with Crippen LogP contribution in [-0.2, 0) is 5.54 Å². The molecule has 1 aromatic carbocycles. The van der Waals surface area contributed by atoms with Crippen molar-refractivity contribution >= 4 is 0 Å². The molecule has 0 aromatic heterocycles. The SMILES string of the molecule is Cc1ccccc1C1(N)C=CC(N)=CC1C. The lowest BCUT2D eigenvalue weighted by molar-refractivity contribution is 0.428. The lowest BCUT2D eigenvalue weighted by Gasteiger charge is -2.35. The molecule has 0 bridgehead atoms. The van der Waals surface area contributed by atoms with E-state index in [0.29, 0.717) is 0 Å². The minimum absolute atomic E-state index is 0.207. The van der Waals surface area contributed by atoms with Crippen molar-refractivity contribution in [2.75, 3.05) is 0 Å². The number of hydrogen-bond acceptors (Lipinski definition) is 2. The van der Waals surface area contributed by atoms with E-state index in [1.807, 2.05) is 30.4 Å². The van der Waals surface area contributed by atoms with Crippen LogP contribution in [0.4, 0.5) is 0 Å². The van der Waals surface area contributed by atoms with Crippen LogP contribution in [0, 0.1) is 12.8 Å². The topological polar surface area (TPSA) is 52.0 Å². The van der Waals surface area contributed by atoms with Gasteiger partial charge in [0.05, 0.1) is 5.54 Å². The Morgan fingerprint density at radius 3 is 2.56 bits per heavy atom. The van der Waals surface area contributed by atoms with Crippen molar-refractivity contribution in [2.45, 2.75) is 19.4 Å². The number of allylic oxidation sites excluding steroid dienone is 1. The molecule has 0 saturated carbocycles. The first-order chi connectivity index (χ1) is 7.54. The quantitative estimate of drug-likeness (QED) is 0.753. The minimum atomic E-state index is -0.436. The van der Waals surface area contributed by atoms with Crippen LogP contribution in [0.5, 0.6) is 0 Å². The van der Waals surface area contributed by atoms with Crippen LogP contribution in [0.25, 0.3) is 0 Å². The van der Waals surface area contributed by atoms with Gasteiger partial charge >= 0.3 is 0 Å². The third-order valence-electron chi connectivity index (χ3n) is 3.36. The maximum atomic E-state index is 6.50. The van der Waals surface area contributed by atoms with Crippen molar-refractivity contribution in [3.8, 4) is 0 Å². The van der Waals surface area contributed by atoms with Crippen molar-refractivity contribution in [3.05, 3.63) is 59.3 Å². The third-order valence-corrected chi connectivity index (χ3v) is 3.36. The number of nitrogens with two attached hydrogens (primary N) is 2. The summed E-state index contributed by atoms with van der Waals surface area (Å²) in [5.41, 5.74) is 15.0. The fraction of sp³-hybridized carbons (Fsp3) is 0.286. The Balaban J connectivity index is 2.49. The third kappa shape index (κ3) is 1.65. The predicted molar refractivity (Wildman–Crippen MR) is 67.6 cm³/mol. The summed E-state index contributed by atoms with van der Waals surface area (Å²) < 4.78 is 0. The Kier molecular flexibility index (Phi) is 2.60. The van der Waals surface area contributed by atoms with Gasteiger partial charge in [0.1, 0.15) is 0 Å². The molecule has 2 rings (SSSR count). The van der Waals surface area contributed by atoms with Gasteiger partial charge in [0.15, 0.2) is 0 Å². The Labute approximate surface area is 96.6 Å². The summed E-state index contributed by atoms with van der Waals surface area (Å²) >= 11 is 0. The first kappa shape index (κ1) is 11.0. The fourth-order valence-corrected chi connectivity index (χ4v) is 2.26. The molecular weight excluding hydrogens is 196 g/mol. The van der Waals surface area contributed by atoms with E-state index in [1.165, 1.54) is 11.1 Å². The minimum Gasteiger partial charge on any atom is -0.399 e. The Morgan fingerprint density at radius 1 is 1.25 bits per heavy atom. The molecule has 16 heavy (non-hydrogen) atoms. The van der Waals surface area contributed by atoms with Gasteiger partial charge in [-0.05, 0) is 24.1 Å². The van der Waals surface area contributed by atoms with Gasteiger partial charge in [-0.1, -0.05) is 43.3 Å². The summed E-state index contributed by atoms with van der Waals surface area (Å²) in [4.78, 5) is 0. The van der Waals surface area contributed by atoms with Crippen LogP contribution in [0.15, 0.2) is 48.2 Å². The Bertz CT molecular complexity index is 460. The number of aryl methyl sites for hydroxylation is 1. The van der Waals surface area contributed by atoms with E-state index < -0.39 is 5.54 Å². The molecule has 0 fully saturated rings. The second-order valence-corrected chi connectivity index (χ2v) is 4.54. The van der Waals surface area contributed by atoms with Gasteiger partial charge in [0.2, 0.25) is 0 Å². The average Bonchev–Trinajstić information content (AvgIpc) is 2.25. The van der Waals surface area contributed by atoms with Crippen LogP contribution in [0.2, 0.25) is 0 Å². The van der Waals surface area contributed by atoms with Gasteiger partial charge < -0.3 is 11.5 Å². The van der Waals surface area contributed by atoms with E-state index in [9.17, 15) is 0 Å². The zero-order valence-electron chi connectivity index (χ0n) is 9.77. The fourth-order valence-electron chi connectivity index (χ4n) is 2.26. The van der Waals surface area contributed by atoms with Gasteiger partial charge in [-0.25, -0.2) is 0 Å². The van der Waals surface area contributed by atoms with Crippen molar-refractivity contribution < 1.29 is 0 Å². The molecule has 2 unspecified atom stereocenters. The highest BCUT2D eigenvalue weighted by Crippen LogP contribution is 2.34. The number of rotatable bonds is 1. The maximum absolute atomic E-state index is 6.50. The summed E-state index contributed by atoms with van der Waals surface area (Å²) in [6, 6.07) is 8.24. The van der Waals surface area contributed by atoms with Crippen LogP contribution >= 0.6 is 0 Å². The van der Waals surface area contributed by atoms with Crippen molar-refractivity contribution in [3.63, 3.8) is 0 Å². The molecule has 2 heteroatoms. The monoisotopic (exact) mass is 214 g/mol. The normalized spacial score (nSPS) is 28.9. The summed E-state index contributed by atoms with van der Waals surface area (Å²) in [5.74, 6) is 0.207. The molecule has 4 N–H and O–H groups in total. The summed E-state index contributed by atoms with van der Waals surface area (Å²) in [5, 5.41) is 0. The molecule has 1 aliphatic carbocycles. The lowest BCUT2D eigenvalue weighted by Crippen LogP contribution is -2.42. The van der Waals surface area contributed by atoms with Gasteiger partial charge in [-0.2, -0.15) is 0 Å². The van der Waals surface area contributed by atoms with Crippen LogP contribution in [0.1, 0.15) is 18.1 Å². The highest BCUT2D eigenvalue weighted by atomic mass is 14.8. The second-order valence-electron chi connectivity index (χ2n) is 4.54. The molecule has 1 aromatic rings. The summed E-state index contributed by atoms with van der Waals surface area (Å²) in [6.07, 6.45) is 5.92. The standard InChI is InChI=1S/C14H18N2/c1-10-5-3-4-6-13(10)14(16)8-7-12(15)9-11(14)2/h3-9,11H,15-16H2,1-2H3. The van der Waals surface area contributed by atoms with Crippen LogP contribution < -0.4 is 11.5 Å². The molecule has 0 aliphatic heterocycles. The lowest BCUT2D eigenvalue weighted by atomic mass is 9.75. The number of benzene rings is 1. The zero-order valence-corrected chi connectivity index (χ0v) is 9.77. The van der Waals surface area contributed by atoms with Crippen molar-refractivity contribution in [2.24, 2.45) is 17.4 Å². The highest BCUT2D eigenvalue weighted by molar-refractivity contribution is 5.42. The van der Waals surface area contributed by atoms with E-state index in [4.69, 9.17) is 11.5 Å². The van der Waals surface area contributed by atoms with Gasteiger partial charge in [0, 0.05) is 11.6 Å². The first-order valence-corrected chi connectivity index (χ1v) is 5.55. The van der Waals surface area contributed by atoms with Gasteiger partial charge in [-0.15, -0.1) is 0 Å². The molecule has 84 valence electrons. The van der Waals surface area contributed by atoms with Gasteiger partial charge in [0.25, 0.3) is 0 Å². The second kappa shape index (κ2) is 3.80. The molecule has 0 heterocycles. The Hall–Kier alpha value is -1.54. The van der Waals surface area contributed by atoms with Gasteiger partial charge in [-0.3, -0.25) is 0 Å². The smallest absolute Gasteiger partial charge is 0.0663 e. The molecule has 2 nitrogen and oxygen atoms in total. The molecule has 2 atom stereocenters. The summed E-state index contributed by atoms with van der Waals surface area (Å²) in [6.45, 7) is 4.19. The molecule has 0 saturated heterocycles.